The predicted octanol–water partition coefficient (Wildman–Crippen LogP) is 5.03. The average Bonchev–Trinajstić information content (AvgIpc) is 3.19. The predicted molar refractivity (Wildman–Crippen MR) is 98.9 cm³/mol. The maximum absolute atomic E-state index is 12.3. The zero-order valence-electron chi connectivity index (χ0n) is 14.7. The maximum atomic E-state index is 12.3. The van der Waals surface area contributed by atoms with Gasteiger partial charge in [0.2, 0.25) is 0 Å². The van der Waals surface area contributed by atoms with E-state index in [0.29, 0.717) is 13.1 Å². The molecule has 0 saturated heterocycles. The second kappa shape index (κ2) is 9.01. The molecule has 3 aromatic rings. The Balaban J connectivity index is 1.53. The first-order chi connectivity index (χ1) is 12.7. The van der Waals surface area contributed by atoms with Gasteiger partial charge in [-0.05, 0) is 42.4 Å². The van der Waals surface area contributed by atoms with Crippen molar-refractivity contribution in [3.63, 3.8) is 0 Å². The molecule has 0 N–H and O–H groups in total. The summed E-state index contributed by atoms with van der Waals surface area (Å²) >= 11 is 0. The summed E-state index contributed by atoms with van der Waals surface area (Å²) < 4.78 is 17.6. The van der Waals surface area contributed by atoms with Crippen molar-refractivity contribution in [2.75, 3.05) is 20.3 Å². The lowest BCUT2D eigenvalue weighted by Crippen LogP contribution is -2.20. The minimum atomic E-state index is -0.325. The van der Waals surface area contributed by atoms with Crippen LogP contribution in [0.15, 0.2) is 75.8 Å². The van der Waals surface area contributed by atoms with Crippen molar-refractivity contribution in [3.8, 4) is 11.3 Å². The molecule has 134 valence electrons. The van der Waals surface area contributed by atoms with E-state index in [2.05, 4.69) is 15.2 Å². The fraction of sp³-hybridized carbons (Fsp3) is 0.250. The van der Waals surface area contributed by atoms with Gasteiger partial charge in [0.1, 0.15) is 6.67 Å². The summed E-state index contributed by atoms with van der Waals surface area (Å²) in [6, 6.07) is 15.8. The Morgan fingerprint density at radius 2 is 1.77 bits per heavy atom. The van der Waals surface area contributed by atoms with Gasteiger partial charge in [-0.3, -0.25) is 4.90 Å². The number of hydrogen-bond acceptors (Lipinski definition) is 5. The van der Waals surface area contributed by atoms with Crippen LogP contribution in [-0.2, 0) is 13.1 Å². The van der Waals surface area contributed by atoms with Crippen LogP contribution in [0.4, 0.5) is 10.1 Å². The van der Waals surface area contributed by atoms with Gasteiger partial charge in [0.25, 0.3) is 0 Å². The van der Waals surface area contributed by atoms with Crippen LogP contribution in [-0.4, -0.2) is 30.2 Å². The lowest BCUT2D eigenvalue weighted by atomic mass is 10.1. The van der Waals surface area contributed by atoms with Gasteiger partial charge in [-0.15, -0.1) is 0 Å². The lowest BCUT2D eigenvalue weighted by Gasteiger charge is -2.14. The summed E-state index contributed by atoms with van der Waals surface area (Å²) in [5, 5.41) is 8.50. The van der Waals surface area contributed by atoms with Crippen LogP contribution in [0.2, 0.25) is 0 Å². The highest BCUT2D eigenvalue weighted by Gasteiger charge is 2.01. The summed E-state index contributed by atoms with van der Waals surface area (Å²) in [6.45, 7) is 1.38. The highest BCUT2D eigenvalue weighted by molar-refractivity contribution is 5.59. The Morgan fingerprint density at radius 1 is 1.04 bits per heavy atom. The molecule has 0 aliphatic carbocycles. The number of rotatable bonds is 8. The summed E-state index contributed by atoms with van der Waals surface area (Å²) in [5.74, 6) is 0.728. The second-order valence-corrected chi connectivity index (χ2v) is 6.06. The standard InChI is InChI=1S/C20H21FN4O/c1-25(11-10-21)14-17-4-2-16(3-5-17)12-23-24-19-8-6-18(7-9-19)20-13-22-15-26-20/h2-9,13,15H,10-12,14H2,1H3. The van der Waals surface area contributed by atoms with Crippen LogP contribution in [0.25, 0.3) is 11.3 Å². The molecule has 0 unspecified atom stereocenters. The second-order valence-electron chi connectivity index (χ2n) is 6.06. The van der Waals surface area contributed by atoms with E-state index in [9.17, 15) is 4.39 Å². The Bertz CT molecular complexity index is 814. The number of benzene rings is 2. The molecule has 6 heteroatoms. The number of nitrogens with zero attached hydrogens (tertiary/aromatic N) is 4. The first-order valence-electron chi connectivity index (χ1n) is 8.43. The van der Waals surface area contributed by atoms with Gasteiger partial charge in [0.15, 0.2) is 12.2 Å². The van der Waals surface area contributed by atoms with Gasteiger partial charge >= 0.3 is 0 Å². The minimum Gasteiger partial charge on any atom is -0.444 e. The molecule has 0 saturated carbocycles. The van der Waals surface area contributed by atoms with Crippen LogP contribution < -0.4 is 0 Å². The molecule has 0 atom stereocenters. The van der Waals surface area contributed by atoms with Crippen molar-refractivity contribution in [2.24, 2.45) is 10.2 Å². The van der Waals surface area contributed by atoms with Crippen molar-refractivity contribution in [2.45, 2.75) is 13.1 Å². The molecule has 0 aliphatic rings. The van der Waals surface area contributed by atoms with Crippen LogP contribution in [0.3, 0.4) is 0 Å². The number of aromatic nitrogens is 1. The molecule has 5 nitrogen and oxygen atoms in total. The van der Waals surface area contributed by atoms with Crippen LogP contribution >= 0.6 is 0 Å². The molecule has 2 aromatic carbocycles. The van der Waals surface area contributed by atoms with E-state index in [1.54, 1.807) is 6.20 Å². The molecule has 1 heterocycles. The van der Waals surface area contributed by atoms with Crippen LogP contribution in [0.5, 0.6) is 0 Å². The van der Waals surface area contributed by atoms with E-state index in [1.165, 1.54) is 6.39 Å². The van der Waals surface area contributed by atoms with Crippen molar-refractivity contribution >= 4 is 5.69 Å². The largest absolute Gasteiger partial charge is 0.444 e. The monoisotopic (exact) mass is 352 g/mol. The summed E-state index contributed by atoms with van der Waals surface area (Å²) in [7, 11) is 1.91. The normalized spacial score (nSPS) is 11.5. The third kappa shape index (κ3) is 5.07. The Kier molecular flexibility index (Phi) is 6.22. The zero-order valence-corrected chi connectivity index (χ0v) is 14.7. The van der Waals surface area contributed by atoms with E-state index in [0.717, 1.165) is 34.7 Å². The fourth-order valence-corrected chi connectivity index (χ4v) is 2.53. The topological polar surface area (TPSA) is 54.0 Å². The van der Waals surface area contributed by atoms with E-state index in [4.69, 9.17) is 4.42 Å². The molecule has 0 spiro atoms. The Morgan fingerprint density at radius 3 is 2.42 bits per heavy atom. The molecule has 0 aliphatic heterocycles. The highest BCUT2D eigenvalue weighted by atomic mass is 19.1. The van der Waals surface area contributed by atoms with Crippen LogP contribution in [0.1, 0.15) is 11.1 Å². The first-order valence-corrected chi connectivity index (χ1v) is 8.43. The van der Waals surface area contributed by atoms with E-state index in [-0.39, 0.29) is 6.67 Å². The molecule has 0 amide bonds. The van der Waals surface area contributed by atoms with E-state index < -0.39 is 0 Å². The number of alkyl halides is 1. The molecule has 0 radical (unpaired) electrons. The quantitative estimate of drug-likeness (QED) is 0.535. The Hall–Kier alpha value is -2.86. The van der Waals surface area contributed by atoms with Gasteiger partial charge in [0.05, 0.1) is 18.4 Å². The van der Waals surface area contributed by atoms with Crippen LogP contribution in [0, 0.1) is 0 Å². The van der Waals surface area contributed by atoms with E-state index in [1.807, 2.05) is 60.5 Å². The number of azo groups is 1. The molecule has 0 bridgehead atoms. The maximum Gasteiger partial charge on any atom is 0.181 e. The fourth-order valence-electron chi connectivity index (χ4n) is 2.53. The van der Waals surface area contributed by atoms with Gasteiger partial charge in [-0.1, -0.05) is 24.3 Å². The van der Waals surface area contributed by atoms with Crippen molar-refractivity contribution in [1.82, 2.24) is 9.88 Å². The van der Waals surface area contributed by atoms with Crippen molar-refractivity contribution in [3.05, 3.63) is 72.2 Å². The first kappa shape index (κ1) is 17.9. The smallest absolute Gasteiger partial charge is 0.181 e. The highest BCUT2D eigenvalue weighted by Crippen LogP contribution is 2.22. The zero-order chi connectivity index (χ0) is 18.2. The summed E-state index contributed by atoms with van der Waals surface area (Å²) in [6.07, 6.45) is 3.09. The lowest BCUT2D eigenvalue weighted by molar-refractivity contribution is 0.289. The molecular formula is C20H21FN4O. The molecule has 0 fully saturated rings. The van der Waals surface area contributed by atoms with Crippen molar-refractivity contribution in [1.29, 1.82) is 0 Å². The molecule has 26 heavy (non-hydrogen) atoms. The van der Waals surface area contributed by atoms with Gasteiger partial charge < -0.3 is 4.42 Å². The van der Waals surface area contributed by atoms with Crippen molar-refractivity contribution < 1.29 is 8.81 Å². The molecule has 1 aromatic heterocycles. The molecular weight excluding hydrogens is 331 g/mol. The third-order valence-electron chi connectivity index (χ3n) is 3.97. The van der Waals surface area contributed by atoms with Gasteiger partial charge in [0, 0.05) is 18.7 Å². The summed E-state index contributed by atoms with van der Waals surface area (Å²) in [4.78, 5) is 5.86. The Labute approximate surface area is 152 Å². The minimum absolute atomic E-state index is 0.325. The number of halogens is 1. The average molecular weight is 352 g/mol. The van der Waals surface area contributed by atoms with E-state index >= 15 is 0 Å². The number of oxazole rings is 1. The van der Waals surface area contributed by atoms with Gasteiger partial charge in [-0.25, -0.2) is 9.37 Å². The summed E-state index contributed by atoms with van der Waals surface area (Å²) in [5.41, 5.74) is 3.99. The van der Waals surface area contributed by atoms with Gasteiger partial charge in [-0.2, -0.15) is 10.2 Å². The molecule has 3 rings (SSSR count). The SMILES string of the molecule is CN(CCF)Cc1ccc(CN=Nc2ccc(-c3cnco3)cc2)cc1. The number of hydrogen-bond donors (Lipinski definition) is 0. The third-order valence-corrected chi connectivity index (χ3v) is 3.97.